The first kappa shape index (κ1) is 44.2. The van der Waals surface area contributed by atoms with Crippen LogP contribution in [0.2, 0.25) is 5.02 Å². The maximum atomic E-state index is 13.5. The Morgan fingerprint density at radius 1 is 0.927 bits per heavy atom. The summed E-state index contributed by atoms with van der Waals surface area (Å²) >= 11 is 5.79. The van der Waals surface area contributed by atoms with Crippen molar-refractivity contribution >= 4 is 51.4 Å². The van der Waals surface area contributed by atoms with Crippen molar-refractivity contribution in [3.8, 4) is 17.0 Å². The minimum absolute atomic E-state index is 0.0601. The van der Waals surface area contributed by atoms with E-state index >= 15 is 0 Å². The molecule has 3 aromatic carbocycles. The molecule has 0 aliphatic rings. The molecule has 4 N–H and O–H groups in total. The topological polar surface area (TPSA) is 205 Å². The van der Waals surface area contributed by atoms with Crippen molar-refractivity contribution in [3.63, 3.8) is 0 Å². The molecule has 4 aromatic rings. The van der Waals surface area contributed by atoms with Gasteiger partial charge in [0, 0.05) is 40.7 Å². The number of hydrogen-bond acceptors (Lipinski definition) is 10. The van der Waals surface area contributed by atoms with E-state index in [9.17, 15) is 37.4 Å². The molecule has 1 heterocycles. The molecule has 0 aliphatic carbocycles. The number of aliphatic hydroxyl groups excluding tert-OH is 2. The second-order valence-electron chi connectivity index (χ2n) is 13.3. The van der Waals surface area contributed by atoms with Gasteiger partial charge in [0.15, 0.2) is 11.4 Å². The minimum Gasteiger partial charge on any atom is -0.481 e. The first-order chi connectivity index (χ1) is 25.6. The number of anilines is 1. The average molecular weight is 800 g/mol. The van der Waals surface area contributed by atoms with Crippen molar-refractivity contribution in [1.29, 1.82) is 0 Å². The van der Waals surface area contributed by atoms with Crippen molar-refractivity contribution in [3.05, 3.63) is 112 Å². The lowest BCUT2D eigenvalue weighted by molar-refractivity contribution is -0.152. The Kier molecular flexibility index (Phi) is 15.2. The van der Waals surface area contributed by atoms with E-state index in [1.165, 1.54) is 57.3 Å². The normalized spacial score (nSPS) is 12.8. The lowest BCUT2D eigenvalue weighted by atomic mass is 9.97. The van der Waals surface area contributed by atoms with Crippen LogP contribution in [-0.4, -0.2) is 87.6 Å². The smallest absolute Gasteiger partial charge is 0.347 e. The number of aliphatic carboxylic acids is 2. The summed E-state index contributed by atoms with van der Waals surface area (Å²) in [4.78, 5) is 42.9. The molecule has 4 rings (SSSR count). The zero-order valence-electron chi connectivity index (χ0n) is 31.0. The van der Waals surface area contributed by atoms with Gasteiger partial charge in [-0.15, -0.1) is 0 Å². The van der Waals surface area contributed by atoms with Gasteiger partial charge in [-0.25, -0.2) is 31.9 Å². The fourth-order valence-electron chi connectivity index (χ4n) is 4.83. The van der Waals surface area contributed by atoms with E-state index in [2.05, 4.69) is 9.97 Å². The Balaban J connectivity index is 0.000000320. The van der Waals surface area contributed by atoms with E-state index in [-0.39, 0.29) is 24.1 Å². The van der Waals surface area contributed by atoms with E-state index < -0.39 is 52.0 Å². The van der Waals surface area contributed by atoms with Crippen LogP contribution in [0.15, 0.2) is 78.9 Å². The maximum Gasteiger partial charge on any atom is 0.347 e. The number of carbonyl (C=O) groups is 3. The summed E-state index contributed by atoms with van der Waals surface area (Å²) in [7, 11) is -2.33. The Morgan fingerprint density at radius 2 is 1.47 bits per heavy atom. The minimum atomic E-state index is -3.65. The van der Waals surface area contributed by atoms with E-state index in [0.717, 1.165) is 10.6 Å². The highest BCUT2D eigenvalue weighted by molar-refractivity contribution is 7.92. The number of ether oxygens (including phenoxy) is 1. The predicted octanol–water partition coefficient (Wildman–Crippen LogP) is 6.21. The molecule has 0 saturated heterocycles. The third-order valence-corrected chi connectivity index (χ3v) is 9.34. The number of benzene rings is 3. The number of sulfonamides is 1. The summed E-state index contributed by atoms with van der Waals surface area (Å²) in [6, 6.07) is 18.5. The lowest BCUT2D eigenvalue weighted by Crippen LogP contribution is -2.37. The van der Waals surface area contributed by atoms with Gasteiger partial charge in [0.1, 0.15) is 11.6 Å². The molecule has 55 heavy (non-hydrogen) atoms. The van der Waals surface area contributed by atoms with Crippen LogP contribution in [0.5, 0.6) is 5.75 Å². The standard InChI is InChI=1S/C22H28FN3O6S.C17H15ClO4/c1-13(2)20-18(10-9-16(27)11-17(28)12-19(29)30)21(14-5-7-15(23)8-6-14)25-22(24-20)26(3)33(4,31)32;1-17(2,16(20)21)22-14-9-5-12(6-10-14)15(19)11-3-7-13(18)8-4-11/h5-10,13,16-17,27-28H,11-12H2,1-4H3,(H,29,30);3-10H,1-2H3,(H,20,21)/b10-9+;/t16-,17-;/m1./s1. The number of aromatic nitrogens is 2. The summed E-state index contributed by atoms with van der Waals surface area (Å²) < 4.78 is 44.0. The molecule has 0 unspecified atom stereocenters. The molecule has 2 atom stereocenters. The average Bonchev–Trinajstić information content (AvgIpc) is 3.10. The van der Waals surface area contributed by atoms with Crippen LogP contribution in [0.25, 0.3) is 17.3 Å². The van der Waals surface area contributed by atoms with Gasteiger partial charge in [0.2, 0.25) is 16.0 Å². The molecule has 0 fully saturated rings. The molecule has 294 valence electrons. The summed E-state index contributed by atoms with van der Waals surface area (Å²) in [6.07, 6.45) is 0.860. The number of carboxylic acids is 2. The fraction of sp³-hybridized carbons (Fsp3) is 0.308. The van der Waals surface area contributed by atoms with Gasteiger partial charge < -0.3 is 25.2 Å². The van der Waals surface area contributed by atoms with Crippen LogP contribution in [0.3, 0.4) is 0 Å². The molecule has 0 amide bonds. The Labute approximate surface area is 323 Å². The van der Waals surface area contributed by atoms with Crippen LogP contribution in [0.4, 0.5) is 10.3 Å². The van der Waals surface area contributed by atoms with Crippen LogP contribution >= 0.6 is 11.6 Å². The van der Waals surface area contributed by atoms with Crippen molar-refractivity contribution in [1.82, 2.24) is 9.97 Å². The van der Waals surface area contributed by atoms with Gasteiger partial charge in [0.05, 0.1) is 36.3 Å². The van der Waals surface area contributed by atoms with Crippen LogP contribution in [-0.2, 0) is 19.6 Å². The van der Waals surface area contributed by atoms with Crippen molar-refractivity contribution in [2.24, 2.45) is 0 Å². The van der Waals surface area contributed by atoms with Crippen LogP contribution < -0.4 is 9.04 Å². The molecule has 0 bridgehead atoms. The quantitative estimate of drug-likeness (QED) is 0.0991. The van der Waals surface area contributed by atoms with Crippen molar-refractivity contribution in [2.45, 2.75) is 64.3 Å². The van der Waals surface area contributed by atoms with Crippen LogP contribution in [0, 0.1) is 5.82 Å². The monoisotopic (exact) mass is 799 g/mol. The molecule has 0 radical (unpaired) electrons. The molecule has 0 saturated carbocycles. The molecule has 16 heteroatoms. The SMILES string of the molecule is CC(C)(Oc1ccc(C(=O)c2ccc(Cl)cc2)cc1)C(=O)O.CC(C)c1nc(N(C)S(C)(=O)=O)nc(-c2ccc(F)cc2)c1/C=C/[C@@H](O)C[C@@H](O)CC(=O)O. The van der Waals surface area contributed by atoms with Crippen molar-refractivity contribution < 1.29 is 52.4 Å². The van der Waals surface area contributed by atoms with Gasteiger partial charge in [-0.1, -0.05) is 37.6 Å². The van der Waals surface area contributed by atoms with Crippen molar-refractivity contribution in [2.75, 3.05) is 17.6 Å². The third-order valence-electron chi connectivity index (χ3n) is 7.93. The number of carboxylic acid groups (broad SMARTS) is 2. The molecule has 0 spiro atoms. The Morgan fingerprint density at radius 3 is 1.96 bits per heavy atom. The summed E-state index contributed by atoms with van der Waals surface area (Å²) in [5, 5.41) is 38.4. The summed E-state index contributed by atoms with van der Waals surface area (Å²) in [5.41, 5.74) is 1.49. The fourth-order valence-corrected chi connectivity index (χ4v) is 5.33. The number of carbonyl (C=O) groups excluding carboxylic acids is 1. The van der Waals surface area contributed by atoms with Gasteiger partial charge in [-0.05, 0) is 92.6 Å². The molecule has 1 aromatic heterocycles. The first-order valence-electron chi connectivity index (χ1n) is 16.8. The molecule has 0 aliphatic heterocycles. The summed E-state index contributed by atoms with van der Waals surface area (Å²) in [6.45, 7) is 6.63. The number of rotatable bonds is 15. The second-order valence-corrected chi connectivity index (χ2v) is 15.7. The van der Waals surface area contributed by atoms with E-state index in [1.54, 1.807) is 48.5 Å². The highest BCUT2D eigenvalue weighted by Gasteiger charge is 2.29. The Bertz CT molecular complexity index is 2110. The number of hydrogen-bond donors (Lipinski definition) is 4. The predicted molar refractivity (Wildman–Crippen MR) is 206 cm³/mol. The highest BCUT2D eigenvalue weighted by atomic mass is 35.5. The molecular weight excluding hydrogens is 757 g/mol. The zero-order valence-corrected chi connectivity index (χ0v) is 32.5. The largest absolute Gasteiger partial charge is 0.481 e. The summed E-state index contributed by atoms with van der Waals surface area (Å²) in [5.74, 6) is -2.68. The first-order valence-corrected chi connectivity index (χ1v) is 19.0. The van der Waals surface area contributed by atoms with E-state index in [0.29, 0.717) is 44.4 Å². The van der Waals surface area contributed by atoms with Gasteiger partial charge >= 0.3 is 11.9 Å². The van der Waals surface area contributed by atoms with Gasteiger partial charge in [-0.2, -0.15) is 0 Å². The number of ketones is 1. The lowest BCUT2D eigenvalue weighted by Gasteiger charge is -2.21. The maximum absolute atomic E-state index is 13.5. The molecule has 13 nitrogen and oxygen atoms in total. The van der Waals surface area contributed by atoms with Gasteiger partial charge in [0.25, 0.3) is 0 Å². The Hall–Kier alpha value is -5.22. The third kappa shape index (κ3) is 13.0. The second kappa shape index (κ2) is 18.9. The number of aliphatic hydroxyl groups is 2. The number of nitrogens with zero attached hydrogens (tertiary/aromatic N) is 3. The number of halogens is 2. The molecular formula is C39H43ClFN3O10S. The van der Waals surface area contributed by atoms with E-state index in [1.807, 2.05) is 13.8 Å². The zero-order chi connectivity index (χ0) is 41.2. The highest BCUT2D eigenvalue weighted by Crippen LogP contribution is 2.32. The van der Waals surface area contributed by atoms with Gasteiger partial charge in [-0.3, -0.25) is 9.59 Å². The van der Waals surface area contributed by atoms with Crippen LogP contribution in [0.1, 0.15) is 73.6 Å². The van der Waals surface area contributed by atoms with E-state index in [4.69, 9.17) is 26.6 Å².